The Morgan fingerprint density at radius 1 is 1.40 bits per heavy atom. The number of nitriles is 1. The van der Waals surface area contributed by atoms with Crippen LogP contribution in [0.4, 0.5) is 4.79 Å². The number of nitrogens with zero attached hydrogens (tertiary/aromatic N) is 3. The Labute approximate surface area is 116 Å². The highest BCUT2D eigenvalue weighted by molar-refractivity contribution is 6.07. The lowest BCUT2D eigenvalue weighted by Crippen LogP contribution is -2.42. The second-order valence-electron chi connectivity index (χ2n) is 4.71. The van der Waals surface area contributed by atoms with E-state index in [2.05, 4.69) is 10.4 Å². The third-order valence-electron chi connectivity index (χ3n) is 3.31. The van der Waals surface area contributed by atoms with Gasteiger partial charge in [0.25, 0.3) is 5.91 Å². The van der Waals surface area contributed by atoms with Crippen molar-refractivity contribution >= 4 is 18.2 Å². The van der Waals surface area contributed by atoms with E-state index in [-0.39, 0.29) is 5.91 Å². The van der Waals surface area contributed by atoms with Crippen molar-refractivity contribution in [1.82, 2.24) is 10.3 Å². The summed E-state index contributed by atoms with van der Waals surface area (Å²) in [7, 11) is 0. The molecule has 0 bridgehead atoms. The number of carbonyl (C=O) groups excluding carboxylic acids is 2. The molecule has 1 aromatic carbocycles. The van der Waals surface area contributed by atoms with Crippen LogP contribution in [0.2, 0.25) is 0 Å². The van der Waals surface area contributed by atoms with Crippen molar-refractivity contribution in [3.05, 3.63) is 35.4 Å². The number of urea groups is 1. The molecule has 1 atom stereocenters. The summed E-state index contributed by atoms with van der Waals surface area (Å²) in [5.74, 6) is -0.366. The van der Waals surface area contributed by atoms with Gasteiger partial charge in [-0.2, -0.15) is 10.4 Å². The van der Waals surface area contributed by atoms with Gasteiger partial charge in [-0.25, -0.2) is 4.79 Å². The first-order valence-electron chi connectivity index (χ1n) is 6.21. The first-order chi connectivity index (χ1) is 9.50. The Balaban J connectivity index is 2.17. The SMILES string of the molecule is CC[C@]1(C)NC(=O)N(/N=C\c2ccc(C#N)cc2)C1=O. The summed E-state index contributed by atoms with van der Waals surface area (Å²) in [6, 6.07) is 8.16. The van der Waals surface area contributed by atoms with Crippen LogP contribution in [0.5, 0.6) is 0 Å². The quantitative estimate of drug-likeness (QED) is 0.668. The number of carbonyl (C=O) groups is 2. The lowest BCUT2D eigenvalue weighted by Gasteiger charge is -2.17. The highest BCUT2D eigenvalue weighted by Crippen LogP contribution is 2.20. The molecule has 0 saturated carbocycles. The van der Waals surface area contributed by atoms with E-state index in [1.165, 1.54) is 6.21 Å². The van der Waals surface area contributed by atoms with E-state index in [9.17, 15) is 9.59 Å². The second kappa shape index (κ2) is 5.13. The molecule has 1 aliphatic heterocycles. The van der Waals surface area contributed by atoms with Gasteiger partial charge >= 0.3 is 6.03 Å². The van der Waals surface area contributed by atoms with Gasteiger partial charge in [0.2, 0.25) is 0 Å². The number of hydrogen-bond donors (Lipinski definition) is 1. The van der Waals surface area contributed by atoms with Gasteiger partial charge in [0.05, 0.1) is 17.8 Å². The van der Waals surface area contributed by atoms with Crippen LogP contribution in [0.3, 0.4) is 0 Å². The molecule has 0 radical (unpaired) electrons. The smallest absolute Gasteiger partial charge is 0.322 e. The molecular weight excluding hydrogens is 256 g/mol. The summed E-state index contributed by atoms with van der Waals surface area (Å²) in [5, 5.41) is 16.1. The molecule has 102 valence electrons. The molecule has 0 aliphatic carbocycles. The Morgan fingerprint density at radius 3 is 2.55 bits per heavy atom. The van der Waals surface area contributed by atoms with Crippen molar-refractivity contribution in [2.45, 2.75) is 25.8 Å². The Morgan fingerprint density at radius 2 is 2.05 bits per heavy atom. The van der Waals surface area contributed by atoms with Crippen molar-refractivity contribution in [2.75, 3.05) is 0 Å². The molecule has 0 spiro atoms. The van der Waals surface area contributed by atoms with Crippen LogP contribution in [0, 0.1) is 11.3 Å². The maximum atomic E-state index is 12.1. The van der Waals surface area contributed by atoms with Gasteiger partial charge in [-0.1, -0.05) is 19.1 Å². The molecule has 1 saturated heterocycles. The van der Waals surface area contributed by atoms with Crippen molar-refractivity contribution in [3.63, 3.8) is 0 Å². The molecule has 1 heterocycles. The normalized spacial score (nSPS) is 22.1. The predicted molar refractivity (Wildman–Crippen MR) is 72.8 cm³/mol. The van der Waals surface area contributed by atoms with Gasteiger partial charge < -0.3 is 5.32 Å². The zero-order valence-electron chi connectivity index (χ0n) is 11.3. The number of hydrazone groups is 1. The molecule has 1 aromatic rings. The van der Waals surface area contributed by atoms with Gasteiger partial charge in [-0.05, 0) is 31.0 Å². The highest BCUT2D eigenvalue weighted by Gasteiger charge is 2.46. The van der Waals surface area contributed by atoms with Crippen molar-refractivity contribution < 1.29 is 9.59 Å². The van der Waals surface area contributed by atoms with Gasteiger partial charge in [0.15, 0.2) is 0 Å². The van der Waals surface area contributed by atoms with Crippen LogP contribution < -0.4 is 5.32 Å². The largest absolute Gasteiger partial charge is 0.346 e. The summed E-state index contributed by atoms with van der Waals surface area (Å²) in [6.07, 6.45) is 1.92. The van der Waals surface area contributed by atoms with E-state index in [1.807, 2.05) is 13.0 Å². The fourth-order valence-corrected chi connectivity index (χ4v) is 1.78. The van der Waals surface area contributed by atoms with E-state index < -0.39 is 11.6 Å². The molecule has 20 heavy (non-hydrogen) atoms. The highest BCUT2D eigenvalue weighted by atomic mass is 16.2. The first kappa shape index (κ1) is 13.7. The molecule has 1 N–H and O–H groups in total. The van der Waals surface area contributed by atoms with Crippen molar-refractivity contribution in [1.29, 1.82) is 5.26 Å². The predicted octanol–water partition coefficient (Wildman–Crippen LogP) is 1.61. The number of imide groups is 1. The zero-order valence-corrected chi connectivity index (χ0v) is 11.3. The van der Waals surface area contributed by atoms with Crippen molar-refractivity contribution in [3.8, 4) is 6.07 Å². The van der Waals surface area contributed by atoms with Gasteiger partial charge in [-0.3, -0.25) is 4.79 Å². The lowest BCUT2D eigenvalue weighted by molar-refractivity contribution is -0.130. The Bertz CT molecular complexity index is 615. The molecule has 6 heteroatoms. The zero-order chi connectivity index (χ0) is 14.8. The molecule has 0 unspecified atom stereocenters. The summed E-state index contributed by atoms with van der Waals surface area (Å²) < 4.78 is 0. The molecule has 1 fully saturated rings. The van der Waals surface area contributed by atoms with E-state index >= 15 is 0 Å². The monoisotopic (exact) mass is 270 g/mol. The van der Waals surface area contributed by atoms with Crippen molar-refractivity contribution in [2.24, 2.45) is 5.10 Å². The van der Waals surface area contributed by atoms with Crippen LogP contribution in [0.25, 0.3) is 0 Å². The summed E-state index contributed by atoms with van der Waals surface area (Å²) in [6.45, 7) is 3.50. The fourth-order valence-electron chi connectivity index (χ4n) is 1.78. The van der Waals surface area contributed by atoms with E-state index in [4.69, 9.17) is 5.26 Å². The molecule has 0 aromatic heterocycles. The van der Waals surface area contributed by atoms with Crippen LogP contribution >= 0.6 is 0 Å². The summed E-state index contributed by atoms with van der Waals surface area (Å²) in [5.41, 5.74) is 0.351. The molecule has 2 rings (SSSR count). The number of amides is 3. The van der Waals surface area contributed by atoms with Gasteiger partial charge in [0, 0.05) is 0 Å². The molecule has 3 amide bonds. The van der Waals surface area contributed by atoms with Gasteiger partial charge in [-0.15, -0.1) is 5.01 Å². The lowest BCUT2D eigenvalue weighted by atomic mass is 10.00. The average Bonchev–Trinajstić information content (AvgIpc) is 2.68. The maximum absolute atomic E-state index is 12.1. The first-order valence-corrected chi connectivity index (χ1v) is 6.21. The second-order valence-corrected chi connectivity index (χ2v) is 4.71. The summed E-state index contributed by atoms with van der Waals surface area (Å²) >= 11 is 0. The minimum atomic E-state index is -0.890. The number of rotatable bonds is 3. The molecule has 6 nitrogen and oxygen atoms in total. The van der Waals surface area contributed by atoms with Crippen LogP contribution in [-0.2, 0) is 4.79 Å². The maximum Gasteiger partial charge on any atom is 0.346 e. The van der Waals surface area contributed by atoms with Gasteiger partial charge in [0.1, 0.15) is 5.54 Å². The minimum absolute atomic E-state index is 0.366. The molecular formula is C14H14N4O2. The van der Waals surface area contributed by atoms with Crippen LogP contribution in [0.15, 0.2) is 29.4 Å². The fraction of sp³-hybridized carbons (Fsp3) is 0.286. The number of hydrogen-bond acceptors (Lipinski definition) is 4. The Hall–Kier alpha value is -2.68. The Kier molecular flexibility index (Phi) is 3.53. The number of benzene rings is 1. The van der Waals surface area contributed by atoms with Crippen LogP contribution in [0.1, 0.15) is 31.4 Å². The van der Waals surface area contributed by atoms with E-state index in [1.54, 1.807) is 31.2 Å². The van der Waals surface area contributed by atoms with Crippen LogP contribution in [-0.4, -0.2) is 28.7 Å². The third kappa shape index (κ3) is 2.38. The van der Waals surface area contributed by atoms with E-state index in [0.29, 0.717) is 17.5 Å². The number of nitrogens with one attached hydrogen (secondary N) is 1. The minimum Gasteiger partial charge on any atom is -0.322 e. The van der Waals surface area contributed by atoms with E-state index in [0.717, 1.165) is 5.01 Å². The molecule has 1 aliphatic rings. The topological polar surface area (TPSA) is 85.6 Å². The third-order valence-corrected chi connectivity index (χ3v) is 3.31. The summed E-state index contributed by atoms with van der Waals surface area (Å²) in [4.78, 5) is 23.8. The average molecular weight is 270 g/mol. The standard InChI is InChI=1S/C14H14N4O2/c1-3-14(2)12(19)18(13(20)17-14)16-9-11-6-4-10(8-15)5-7-11/h4-7,9H,3H2,1-2H3,(H,17,20)/b16-9-/t14-/m0/s1.